The van der Waals surface area contributed by atoms with Gasteiger partial charge in [0.2, 0.25) is 0 Å². The van der Waals surface area contributed by atoms with Gasteiger partial charge in [-0.2, -0.15) is 0 Å². The SMILES string of the molecule is Cc1cc(-n2c(C)cc(Cl)c2C)ccc1N. The van der Waals surface area contributed by atoms with Crippen LogP contribution in [0.5, 0.6) is 0 Å². The molecule has 84 valence electrons. The zero-order valence-corrected chi connectivity index (χ0v) is 10.5. The maximum atomic E-state index is 6.11. The molecule has 0 saturated carbocycles. The summed E-state index contributed by atoms with van der Waals surface area (Å²) in [4.78, 5) is 0. The van der Waals surface area contributed by atoms with E-state index in [1.165, 1.54) is 0 Å². The highest BCUT2D eigenvalue weighted by Gasteiger charge is 2.09. The van der Waals surface area contributed by atoms with Crippen molar-refractivity contribution in [2.45, 2.75) is 20.8 Å². The monoisotopic (exact) mass is 234 g/mol. The summed E-state index contributed by atoms with van der Waals surface area (Å²) in [7, 11) is 0. The molecule has 1 aromatic carbocycles. The highest BCUT2D eigenvalue weighted by atomic mass is 35.5. The summed E-state index contributed by atoms with van der Waals surface area (Å²) >= 11 is 6.11. The van der Waals surface area contributed by atoms with Crippen LogP contribution in [-0.4, -0.2) is 4.57 Å². The van der Waals surface area contributed by atoms with Gasteiger partial charge in [0.25, 0.3) is 0 Å². The maximum absolute atomic E-state index is 6.11. The van der Waals surface area contributed by atoms with Crippen LogP contribution in [-0.2, 0) is 0 Å². The Kier molecular flexibility index (Phi) is 2.68. The summed E-state index contributed by atoms with van der Waals surface area (Å²) in [6.07, 6.45) is 0. The molecule has 0 aliphatic heterocycles. The summed E-state index contributed by atoms with van der Waals surface area (Å²) in [5, 5.41) is 0.798. The van der Waals surface area contributed by atoms with Crippen molar-refractivity contribution in [3.63, 3.8) is 0 Å². The van der Waals surface area contributed by atoms with Gasteiger partial charge in [0, 0.05) is 22.8 Å². The molecule has 2 rings (SSSR count). The molecule has 0 atom stereocenters. The van der Waals surface area contributed by atoms with Gasteiger partial charge in [-0.05, 0) is 50.6 Å². The quantitative estimate of drug-likeness (QED) is 0.751. The number of aryl methyl sites for hydroxylation is 2. The van der Waals surface area contributed by atoms with E-state index in [9.17, 15) is 0 Å². The number of hydrogen-bond donors (Lipinski definition) is 1. The van der Waals surface area contributed by atoms with E-state index in [2.05, 4.69) is 10.6 Å². The number of rotatable bonds is 1. The Morgan fingerprint density at radius 2 is 1.81 bits per heavy atom. The van der Waals surface area contributed by atoms with Crippen LogP contribution in [0.15, 0.2) is 24.3 Å². The molecule has 0 amide bonds. The Labute approximate surface area is 101 Å². The van der Waals surface area contributed by atoms with Crippen LogP contribution in [0.25, 0.3) is 5.69 Å². The molecule has 1 aromatic heterocycles. The van der Waals surface area contributed by atoms with Crippen molar-refractivity contribution in [2.75, 3.05) is 5.73 Å². The molecule has 0 fully saturated rings. The predicted molar refractivity (Wildman–Crippen MR) is 69.4 cm³/mol. The van der Waals surface area contributed by atoms with Crippen LogP contribution in [0.3, 0.4) is 0 Å². The van der Waals surface area contributed by atoms with Gasteiger partial charge in [0.1, 0.15) is 0 Å². The Morgan fingerprint density at radius 1 is 1.12 bits per heavy atom. The van der Waals surface area contributed by atoms with Gasteiger partial charge < -0.3 is 10.3 Å². The maximum Gasteiger partial charge on any atom is 0.0618 e. The lowest BCUT2D eigenvalue weighted by atomic mass is 10.2. The Morgan fingerprint density at radius 3 is 2.31 bits per heavy atom. The third-order valence-corrected chi connectivity index (χ3v) is 3.26. The molecular formula is C13H15ClN2. The minimum atomic E-state index is 0.798. The number of anilines is 1. The number of nitrogen functional groups attached to an aromatic ring is 1. The average Bonchev–Trinajstić information content (AvgIpc) is 2.47. The highest BCUT2D eigenvalue weighted by Crippen LogP contribution is 2.25. The van der Waals surface area contributed by atoms with Gasteiger partial charge in [-0.15, -0.1) is 0 Å². The van der Waals surface area contributed by atoms with Crippen LogP contribution in [0.1, 0.15) is 17.0 Å². The van der Waals surface area contributed by atoms with E-state index in [1.54, 1.807) is 0 Å². The normalized spacial score (nSPS) is 10.8. The Balaban J connectivity index is 2.63. The fraction of sp³-hybridized carbons (Fsp3) is 0.231. The summed E-state index contributed by atoms with van der Waals surface area (Å²) < 4.78 is 2.13. The first-order valence-electron chi connectivity index (χ1n) is 5.21. The van der Waals surface area contributed by atoms with Crippen molar-refractivity contribution in [3.8, 4) is 5.69 Å². The van der Waals surface area contributed by atoms with Crippen molar-refractivity contribution in [2.24, 2.45) is 0 Å². The summed E-state index contributed by atoms with van der Waals surface area (Å²) in [6, 6.07) is 7.99. The molecular weight excluding hydrogens is 220 g/mol. The van der Waals surface area contributed by atoms with Crippen molar-refractivity contribution in [3.05, 3.63) is 46.2 Å². The van der Waals surface area contributed by atoms with Crippen molar-refractivity contribution >= 4 is 17.3 Å². The molecule has 3 heteroatoms. The van der Waals surface area contributed by atoms with Crippen LogP contribution in [0.4, 0.5) is 5.69 Å². The minimum Gasteiger partial charge on any atom is -0.399 e. The molecule has 16 heavy (non-hydrogen) atoms. The zero-order chi connectivity index (χ0) is 11.9. The summed E-state index contributed by atoms with van der Waals surface area (Å²) in [6.45, 7) is 6.07. The number of benzene rings is 1. The number of aromatic nitrogens is 1. The fourth-order valence-electron chi connectivity index (χ4n) is 1.92. The lowest BCUT2D eigenvalue weighted by molar-refractivity contribution is 0.964. The smallest absolute Gasteiger partial charge is 0.0618 e. The lowest BCUT2D eigenvalue weighted by Gasteiger charge is -2.11. The molecule has 0 unspecified atom stereocenters. The van der Waals surface area contributed by atoms with Crippen LogP contribution in [0.2, 0.25) is 5.02 Å². The number of nitrogens with zero attached hydrogens (tertiary/aromatic N) is 1. The molecule has 0 aliphatic rings. The number of halogens is 1. The van der Waals surface area contributed by atoms with Crippen LogP contribution >= 0.6 is 11.6 Å². The van der Waals surface area contributed by atoms with Gasteiger partial charge >= 0.3 is 0 Å². The highest BCUT2D eigenvalue weighted by molar-refractivity contribution is 6.31. The molecule has 0 aliphatic carbocycles. The van der Waals surface area contributed by atoms with Gasteiger partial charge in [0.05, 0.1) is 5.02 Å². The third kappa shape index (κ3) is 1.69. The van der Waals surface area contributed by atoms with Crippen LogP contribution < -0.4 is 5.73 Å². The first kappa shape index (κ1) is 11.1. The van der Waals surface area contributed by atoms with Gasteiger partial charge in [-0.25, -0.2) is 0 Å². The number of nitrogens with two attached hydrogens (primary N) is 1. The van der Waals surface area contributed by atoms with E-state index in [0.717, 1.165) is 33.3 Å². The molecule has 1 heterocycles. The minimum absolute atomic E-state index is 0.798. The summed E-state index contributed by atoms with van der Waals surface area (Å²) in [5.74, 6) is 0. The standard InChI is InChI=1S/C13H15ClN2/c1-8-6-11(4-5-13(8)15)16-9(2)7-12(14)10(16)3/h4-7H,15H2,1-3H3. The van der Waals surface area contributed by atoms with Crippen molar-refractivity contribution < 1.29 is 0 Å². The van der Waals surface area contributed by atoms with Gasteiger partial charge in [-0.1, -0.05) is 11.6 Å². The number of hydrogen-bond acceptors (Lipinski definition) is 1. The lowest BCUT2D eigenvalue weighted by Crippen LogP contribution is -2.00. The van der Waals surface area contributed by atoms with Crippen molar-refractivity contribution in [1.29, 1.82) is 0 Å². The Hall–Kier alpha value is -1.41. The van der Waals surface area contributed by atoms with E-state index in [4.69, 9.17) is 17.3 Å². The van der Waals surface area contributed by atoms with E-state index in [0.29, 0.717) is 0 Å². The molecule has 0 spiro atoms. The Bertz CT molecular complexity index is 541. The third-order valence-electron chi connectivity index (χ3n) is 2.88. The second-order valence-corrected chi connectivity index (χ2v) is 4.50. The first-order valence-corrected chi connectivity index (χ1v) is 5.59. The first-order chi connectivity index (χ1) is 7.50. The second-order valence-electron chi connectivity index (χ2n) is 4.10. The molecule has 0 bridgehead atoms. The molecule has 2 N–H and O–H groups in total. The van der Waals surface area contributed by atoms with Gasteiger partial charge in [0.15, 0.2) is 0 Å². The average molecular weight is 235 g/mol. The molecule has 0 saturated heterocycles. The second kappa shape index (κ2) is 3.87. The van der Waals surface area contributed by atoms with E-state index in [-0.39, 0.29) is 0 Å². The zero-order valence-electron chi connectivity index (χ0n) is 9.71. The fourth-order valence-corrected chi connectivity index (χ4v) is 2.16. The van der Waals surface area contributed by atoms with Gasteiger partial charge in [-0.3, -0.25) is 0 Å². The predicted octanol–water partition coefficient (Wildman–Crippen LogP) is 3.64. The molecule has 2 nitrogen and oxygen atoms in total. The topological polar surface area (TPSA) is 30.9 Å². The van der Waals surface area contributed by atoms with Crippen LogP contribution in [0, 0.1) is 20.8 Å². The van der Waals surface area contributed by atoms with E-state index in [1.807, 2.05) is 39.0 Å². The van der Waals surface area contributed by atoms with Crippen molar-refractivity contribution in [1.82, 2.24) is 4.57 Å². The molecule has 0 radical (unpaired) electrons. The molecule has 2 aromatic rings. The van der Waals surface area contributed by atoms with E-state index < -0.39 is 0 Å². The largest absolute Gasteiger partial charge is 0.399 e. The van der Waals surface area contributed by atoms with E-state index >= 15 is 0 Å². The summed E-state index contributed by atoms with van der Waals surface area (Å²) in [5.41, 5.74) is 11.0.